The fourth-order valence-electron chi connectivity index (χ4n) is 1.95. The molecule has 0 bridgehead atoms. The third-order valence-corrected chi connectivity index (χ3v) is 2.84. The Morgan fingerprint density at radius 1 is 1.31 bits per heavy atom. The number of benzene rings is 1. The van der Waals surface area contributed by atoms with E-state index in [0.717, 1.165) is 23.1 Å². The van der Waals surface area contributed by atoms with Crippen LogP contribution in [0.15, 0.2) is 6.07 Å². The first kappa shape index (κ1) is 8.30. The Morgan fingerprint density at radius 2 is 2.00 bits per heavy atom. The van der Waals surface area contributed by atoms with E-state index in [9.17, 15) is 9.90 Å². The summed E-state index contributed by atoms with van der Waals surface area (Å²) in [7, 11) is 0. The minimum Gasteiger partial charge on any atom is -0.507 e. The average Bonchev–Trinajstić information content (AvgIpc) is 2.44. The molecular weight excluding hydrogens is 164 g/mol. The summed E-state index contributed by atoms with van der Waals surface area (Å²) in [6.45, 7) is 3.96. The Labute approximate surface area is 77.2 Å². The summed E-state index contributed by atoms with van der Waals surface area (Å²) >= 11 is 0. The predicted octanol–water partition coefficient (Wildman–Crippen LogP) is 2.14. The van der Waals surface area contributed by atoms with Crippen molar-refractivity contribution in [3.05, 3.63) is 28.3 Å². The van der Waals surface area contributed by atoms with Gasteiger partial charge in [0, 0.05) is 6.42 Å². The molecule has 2 heteroatoms. The van der Waals surface area contributed by atoms with Crippen molar-refractivity contribution >= 4 is 5.78 Å². The summed E-state index contributed by atoms with van der Waals surface area (Å²) in [4.78, 5) is 11.4. The normalized spacial score (nSPS) is 14.8. The van der Waals surface area contributed by atoms with Gasteiger partial charge in [0.15, 0.2) is 5.78 Å². The second kappa shape index (κ2) is 2.59. The van der Waals surface area contributed by atoms with Crippen LogP contribution in [-0.4, -0.2) is 10.9 Å². The van der Waals surface area contributed by atoms with Crippen LogP contribution in [0.4, 0.5) is 0 Å². The van der Waals surface area contributed by atoms with Crippen molar-refractivity contribution in [3.8, 4) is 5.75 Å². The molecule has 1 aromatic carbocycles. The molecule has 0 saturated heterocycles. The van der Waals surface area contributed by atoms with Crippen LogP contribution in [0.25, 0.3) is 0 Å². The Balaban J connectivity index is 2.76. The van der Waals surface area contributed by atoms with Gasteiger partial charge in [0.2, 0.25) is 0 Å². The number of aryl methyl sites for hydroxylation is 1. The van der Waals surface area contributed by atoms with Crippen LogP contribution >= 0.6 is 0 Å². The Kier molecular flexibility index (Phi) is 1.65. The highest BCUT2D eigenvalue weighted by Gasteiger charge is 2.25. The van der Waals surface area contributed by atoms with Crippen LogP contribution in [0, 0.1) is 13.8 Å². The first-order chi connectivity index (χ1) is 6.11. The number of rotatable bonds is 0. The molecule has 2 rings (SSSR count). The SMILES string of the molecule is Cc1cc(O)c2c(c1C)CCC2=O. The van der Waals surface area contributed by atoms with E-state index in [4.69, 9.17) is 0 Å². The van der Waals surface area contributed by atoms with Gasteiger partial charge < -0.3 is 5.11 Å². The minimum atomic E-state index is 0.0793. The maximum atomic E-state index is 11.4. The summed E-state index contributed by atoms with van der Waals surface area (Å²) in [6, 6.07) is 1.68. The molecular formula is C11H12O2. The first-order valence-electron chi connectivity index (χ1n) is 4.46. The number of phenolic OH excluding ortho intramolecular Hbond substituents is 1. The summed E-state index contributed by atoms with van der Waals surface area (Å²) in [5.41, 5.74) is 3.82. The highest BCUT2D eigenvalue weighted by molar-refractivity contribution is 6.03. The molecule has 2 nitrogen and oxygen atoms in total. The van der Waals surface area contributed by atoms with Crippen LogP contribution in [0.3, 0.4) is 0 Å². The van der Waals surface area contributed by atoms with Gasteiger partial charge in [-0.05, 0) is 43.0 Å². The fourth-order valence-corrected chi connectivity index (χ4v) is 1.95. The van der Waals surface area contributed by atoms with Gasteiger partial charge >= 0.3 is 0 Å². The van der Waals surface area contributed by atoms with Gasteiger partial charge in [-0.2, -0.15) is 0 Å². The summed E-state index contributed by atoms with van der Waals surface area (Å²) < 4.78 is 0. The average molecular weight is 176 g/mol. The van der Waals surface area contributed by atoms with Crippen molar-refractivity contribution in [2.24, 2.45) is 0 Å². The molecule has 0 aromatic heterocycles. The van der Waals surface area contributed by atoms with Gasteiger partial charge in [-0.1, -0.05) is 0 Å². The number of aromatic hydroxyl groups is 1. The van der Waals surface area contributed by atoms with Crippen molar-refractivity contribution in [2.75, 3.05) is 0 Å². The summed E-state index contributed by atoms with van der Waals surface area (Å²) in [6.07, 6.45) is 1.34. The molecule has 68 valence electrons. The maximum Gasteiger partial charge on any atom is 0.167 e. The molecule has 0 unspecified atom stereocenters. The number of ketones is 1. The molecule has 1 N–H and O–H groups in total. The van der Waals surface area contributed by atoms with Crippen molar-refractivity contribution in [3.63, 3.8) is 0 Å². The third kappa shape index (κ3) is 1.05. The first-order valence-corrected chi connectivity index (χ1v) is 4.46. The molecule has 0 amide bonds. The van der Waals surface area contributed by atoms with Crippen molar-refractivity contribution in [1.82, 2.24) is 0 Å². The highest BCUT2D eigenvalue weighted by atomic mass is 16.3. The van der Waals surface area contributed by atoms with Crippen LogP contribution in [0.1, 0.15) is 33.5 Å². The Hall–Kier alpha value is -1.31. The van der Waals surface area contributed by atoms with E-state index < -0.39 is 0 Å². The lowest BCUT2D eigenvalue weighted by Gasteiger charge is -2.08. The van der Waals surface area contributed by atoms with E-state index >= 15 is 0 Å². The number of carbonyl (C=O) groups excluding carboxylic acids is 1. The third-order valence-electron chi connectivity index (χ3n) is 2.84. The molecule has 1 aliphatic rings. The molecule has 1 aliphatic carbocycles. The second-order valence-electron chi connectivity index (χ2n) is 3.61. The van der Waals surface area contributed by atoms with Crippen molar-refractivity contribution in [2.45, 2.75) is 26.7 Å². The van der Waals surface area contributed by atoms with Crippen molar-refractivity contribution < 1.29 is 9.90 Å². The topological polar surface area (TPSA) is 37.3 Å². The van der Waals surface area contributed by atoms with Crippen LogP contribution in [-0.2, 0) is 6.42 Å². The lowest BCUT2D eigenvalue weighted by Crippen LogP contribution is -1.95. The smallest absolute Gasteiger partial charge is 0.167 e. The van der Waals surface area contributed by atoms with Crippen molar-refractivity contribution in [1.29, 1.82) is 0 Å². The molecule has 0 fully saturated rings. The predicted molar refractivity (Wildman–Crippen MR) is 50.2 cm³/mol. The standard InChI is InChI=1S/C11H12O2/c1-6-5-10(13)11-8(7(6)2)3-4-9(11)12/h5,13H,3-4H2,1-2H3. The van der Waals surface area contributed by atoms with E-state index in [2.05, 4.69) is 0 Å². The number of Topliss-reactive ketones (excluding diaryl/α,β-unsaturated/α-hetero) is 1. The van der Waals surface area contributed by atoms with E-state index in [1.165, 1.54) is 0 Å². The number of phenols is 1. The van der Waals surface area contributed by atoms with Gasteiger partial charge in [0.25, 0.3) is 0 Å². The summed E-state index contributed by atoms with van der Waals surface area (Å²) in [5, 5.41) is 9.59. The lowest BCUT2D eigenvalue weighted by atomic mass is 9.99. The quantitative estimate of drug-likeness (QED) is 0.657. The zero-order valence-electron chi connectivity index (χ0n) is 7.85. The Bertz CT molecular complexity index is 392. The molecule has 0 spiro atoms. The van der Waals surface area contributed by atoms with Crippen LogP contribution in [0.5, 0.6) is 5.75 Å². The van der Waals surface area contributed by atoms with Crippen LogP contribution in [0.2, 0.25) is 0 Å². The minimum absolute atomic E-state index is 0.0793. The zero-order valence-corrected chi connectivity index (χ0v) is 7.85. The number of fused-ring (bicyclic) bond motifs is 1. The molecule has 0 heterocycles. The zero-order chi connectivity index (χ0) is 9.59. The number of hydrogen-bond donors (Lipinski definition) is 1. The summed E-state index contributed by atoms with van der Waals surface area (Å²) in [5.74, 6) is 0.233. The second-order valence-corrected chi connectivity index (χ2v) is 3.61. The number of hydrogen-bond acceptors (Lipinski definition) is 2. The van der Waals surface area contributed by atoms with Gasteiger partial charge in [0.05, 0.1) is 5.56 Å². The molecule has 0 aliphatic heterocycles. The molecule has 1 aromatic rings. The Morgan fingerprint density at radius 3 is 2.69 bits per heavy atom. The number of carbonyl (C=O) groups is 1. The molecule has 0 saturated carbocycles. The molecule has 0 atom stereocenters. The van der Waals surface area contributed by atoms with Gasteiger partial charge in [-0.15, -0.1) is 0 Å². The lowest BCUT2D eigenvalue weighted by molar-refractivity contribution is 0.0992. The maximum absolute atomic E-state index is 11.4. The highest BCUT2D eigenvalue weighted by Crippen LogP contribution is 2.33. The van der Waals surface area contributed by atoms with E-state index in [1.54, 1.807) is 6.07 Å². The van der Waals surface area contributed by atoms with Gasteiger partial charge in [-0.25, -0.2) is 0 Å². The molecule has 13 heavy (non-hydrogen) atoms. The van der Waals surface area contributed by atoms with E-state index in [1.807, 2.05) is 13.8 Å². The largest absolute Gasteiger partial charge is 0.507 e. The van der Waals surface area contributed by atoms with Gasteiger partial charge in [0.1, 0.15) is 5.75 Å². The van der Waals surface area contributed by atoms with E-state index in [-0.39, 0.29) is 11.5 Å². The fraction of sp³-hybridized carbons (Fsp3) is 0.364. The van der Waals surface area contributed by atoms with Crippen LogP contribution < -0.4 is 0 Å². The monoisotopic (exact) mass is 176 g/mol. The molecule has 0 radical (unpaired) electrons. The van der Waals surface area contributed by atoms with Gasteiger partial charge in [-0.3, -0.25) is 4.79 Å². The van der Waals surface area contributed by atoms with E-state index in [0.29, 0.717) is 12.0 Å².